The van der Waals surface area contributed by atoms with E-state index in [1.165, 1.54) is 4.90 Å². The largest absolute Gasteiger partial charge is 0.302 e. The van der Waals surface area contributed by atoms with Gasteiger partial charge in [-0.1, -0.05) is 22.9 Å². The highest BCUT2D eigenvalue weighted by Gasteiger charge is 2.24. The average molecular weight is 327 g/mol. The summed E-state index contributed by atoms with van der Waals surface area (Å²) in [5.41, 5.74) is -0.347. The van der Waals surface area contributed by atoms with Crippen LogP contribution in [0.5, 0.6) is 0 Å². The predicted octanol–water partition coefficient (Wildman–Crippen LogP) is 4.21. The normalized spacial score (nSPS) is 13.9. The third-order valence-electron chi connectivity index (χ3n) is 3.13. The molecule has 18 heavy (non-hydrogen) atoms. The summed E-state index contributed by atoms with van der Waals surface area (Å²) in [6.45, 7) is 2.06. The van der Waals surface area contributed by atoms with Crippen molar-refractivity contribution in [2.45, 2.75) is 36.6 Å². The zero-order valence-electron chi connectivity index (χ0n) is 10.9. The van der Waals surface area contributed by atoms with Crippen LogP contribution in [0.25, 0.3) is 0 Å². The van der Waals surface area contributed by atoms with Crippen LogP contribution in [0, 0.1) is 11.3 Å². The minimum absolute atomic E-state index is 0.347. The molecule has 1 unspecified atom stereocenters. The molecule has 0 heterocycles. The summed E-state index contributed by atoms with van der Waals surface area (Å²) in [5, 5.41) is 12.3. The first kappa shape index (κ1) is 15.6. The van der Waals surface area contributed by atoms with Crippen molar-refractivity contribution in [3.8, 4) is 6.07 Å². The summed E-state index contributed by atoms with van der Waals surface area (Å²) in [6, 6.07) is 10.7. The van der Waals surface area contributed by atoms with E-state index in [1.54, 1.807) is 0 Å². The Morgan fingerprint density at radius 3 is 2.56 bits per heavy atom. The van der Waals surface area contributed by atoms with Crippen LogP contribution >= 0.6 is 27.7 Å². The molecule has 0 radical (unpaired) electrons. The van der Waals surface area contributed by atoms with Gasteiger partial charge < -0.3 is 5.32 Å². The van der Waals surface area contributed by atoms with Crippen LogP contribution in [0.4, 0.5) is 0 Å². The molecule has 0 aliphatic rings. The fourth-order valence-electron chi connectivity index (χ4n) is 1.76. The van der Waals surface area contributed by atoms with E-state index in [-0.39, 0.29) is 5.54 Å². The molecule has 0 aliphatic carbocycles. The summed E-state index contributed by atoms with van der Waals surface area (Å²) in [5.74, 6) is 1.05. The predicted molar refractivity (Wildman–Crippen MR) is 81.8 cm³/mol. The number of halogens is 1. The van der Waals surface area contributed by atoms with Crippen LogP contribution in [0.3, 0.4) is 0 Å². The van der Waals surface area contributed by atoms with E-state index in [9.17, 15) is 5.26 Å². The van der Waals surface area contributed by atoms with Gasteiger partial charge in [0.15, 0.2) is 0 Å². The minimum Gasteiger partial charge on any atom is -0.302 e. The topological polar surface area (TPSA) is 35.8 Å². The molecular formula is C14H19BrN2S. The first-order valence-corrected chi connectivity index (χ1v) is 7.92. The highest BCUT2D eigenvalue weighted by molar-refractivity contribution is 9.10. The van der Waals surface area contributed by atoms with E-state index in [1.807, 2.05) is 18.8 Å². The van der Waals surface area contributed by atoms with E-state index in [0.29, 0.717) is 0 Å². The maximum Gasteiger partial charge on any atom is 0.106 e. The Bertz CT molecular complexity index is 393. The van der Waals surface area contributed by atoms with Crippen molar-refractivity contribution in [1.29, 1.82) is 5.26 Å². The van der Waals surface area contributed by atoms with Gasteiger partial charge in [0.1, 0.15) is 5.54 Å². The number of rotatable bonds is 7. The third-order valence-corrected chi connectivity index (χ3v) is 4.75. The number of hydrogen-bond acceptors (Lipinski definition) is 3. The molecule has 0 amide bonds. The molecule has 2 nitrogen and oxygen atoms in total. The number of nitrogens with zero attached hydrogens (tertiary/aromatic N) is 1. The molecule has 0 fully saturated rings. The summed E-state index contributed by atoms with van der Waals surface area (Å²) in [6.07, 6.45) is 2.80. The van der Waals surface area contributed by atoms with E-state index in [2.05, 4.69) is 58.5 Å². The summed E-state index contributed by atoms with van der Waals surface area (Å²) >= 11 is 5.27. The van der Waals surface area contributed by atoms with Gasteiger partial charge in [0.05, 0.1) is 6.07 Å². The Morgan fingerprint density at radius 1 is 1.39 bits per heavy atom. The first-order valence-electron chi connectivity index (χ1n) is 6.14. The van der Waals surface area contributed by atoms with Gasteiger partial charge >= 0.3 is 0 Å². The fourth-order valence-corrected chi connectivity index (χ4v) is 2.88. The zero-order chi connectivity index (χ0) is 13.4. The molecular weight excluding hydrogens is 308 g/mol. The molecule has 1 atom stereocenters. The Balaban J connectivity index is 2.34. The second-order valence-electron chi connectivity index (χ2n) is 4.20. The van der Waals surface area contributed by atoms with Crippen molar-refractivity contribution in [1.82, 2.24) is 5.32 Å². The lowest BCUT2D eigenvalue weighted by Crippen LogP contribution is -2.40. The van der Waals surface area contributed by atoms with Crippen molar-refractivity contribution in [2.24, 2.45) is 0 Å². The Morgan fingerprint density at radius 2 is 2.06 bits per heavy atom. The molecule has 98 valence electrons. The molecule has 0 saturated heterocycles. The molecule has 1 N–H and O–H groups in total. The van der Waals surface area contributed by atoms with Crippen molar-refractivity contribution >= 4 is 27.7 Å². The van der Waals surface area contributed by atoms with Crippen molar-refractivity contribution in [3.63, 3.8) is 0 Å². The molecule has 0 spiro atoms. The van der Waals surface area contributed by atoms with Crippen LogP contribution in [0.1, 0.15) is 26.2 Å². The molecule has 0 saturated carbocycles. The lowest BCUT2D eigenvalue weighted by atomic mass is 9.93. The van der Waals surface area contributed by atoms with Crippen molar-refractivity contribution in [3.05, 3.63) is 28.7 Å². The highest BCUT2D eigenvalue weighted by Crippen LogP contribution is 2.24. The van der Waals surface area contributed by atoms with Gasteiger partial charge in [0.25, 0.3) is 0 Å². The summed E-state index contributed by atoms with van der Waals surface area (Å²) in [4.78, 5) is 1.28. The van der Waals surface area contributed by atoms with Crippen molar-refractivity contribution in [2.75, 3.05) is 12.8 Å². The van der Waals surface area contributed by atoms with Gasteiger partial charge in [-0.25, -0.2) is 0 Å². The van der Waals surface area contributed by atoms with E-state index in [0.717, 1.165) is 29.5 Å². The molecule has 0 bridgehead atoms. The molecule has 4 heteroatoms. The number of thioether (sulfide) groups is 1. The molecule has 1 aromatic carbocycles. The SMILES string of the molecule is CCC(C#N)(CCCSc1ccc(Br)cc1)NC. The van der Waals surface area contributed by atoms with Crippen LogP contribution in [-0.4, -0.2) is 18.3 Å². The first-order chi connectivity index (χ1) is 8.65. The van der Waals surface area contributed by atoms with Crippen molar-refractivity contribution < 1.29 is 0 Å². The third kappa shape index (κ3) is 4.64. The number of benzene rings is 1. The maximum absolute atomic E-state index is 9.20. The highest BCUT2D eigenvalue weighted by atomic mass is 79.9. The average Bonchev–Trinajstić information content (AvgIpc) is 2.42. The molecule has 0 aliphatic heterocycles. The van der Waals surface area contributed by atoms with Gasteiger partial charge in [-0.3, -0.25) is 0 Å². The molecule has 0 aromatic heterocycles. The Labute approximate surface area is 122 Å². The smallest absolute Gasteiger partial charge is 0.106 e. The van der Waals surface area contributed by atoms with Crippen LogP contribution in [-0.2, 0) is 0 Å². The monoisotopic (exact) mass is 326 g/mol. The summed E-state index contributed by atoms with van der Waals surface area (Å²) in [7, 11) is 1.87. The van der Waals surface area contributed by atoms with Crippen LogP contribution in [0.2, 0.25) is 0 Å². The van der Waals surface area contributed by atoms with Gasteiger partial charge in [-0.05, 0) is 56.3 Å². The van der Waals surface area contributed by atoms with Gasteiger partial charge in [-0.2, -0.15) is 5.26 Å². The van der Waals surface area contributed by atoms with E-state index in [4.69, 9.17) is 0 Å². The second kappa shape index (κ2) is 7.83. The van der Waals surface area contributed by atoms with Crippen LogP contribution < -0.4 is 5.32 Å². The molecule has 1 aromatic rings. The lowest BCUT2D eigenvalue weighted by Gasteiger charge is -2.24. The number of nitrogens with one attached hydrogen (secondary N) is 1. The number of hydrogen-bond donors (Lipinski definition) is 1. The van der Waals surface area contributed by atoms with Crippen LogP contribution in [0.15, 0.2) is 33.6 Å². The zero-order valence-corrected chi connectivity index (χ0v) is 13.3. The standard InChI is InChI=1S/C14H19BrN2S/c1-3-14(11-16,17-2)9-4-10-18-13-7-5-12(15)6-8-13/h5-8,17H,3-4,9-10H2,1-2H3. The Kier molecular flexibility index (Phi) is 6.77. The Hall–Kier alpha value is -0.500. The van der Waals surface area contributed by atoms with Gasteiger partial charge in [-0.15, -0.1) is 11.8 Å². The number of nitriles is 1. The quantitative estimate of drug-likeness (QED) is 0.602. The van der Waals surface area contributed by atoms with E-state index < -0.39 is 0 Å². The lowest BCUT2D eigenvalue weighted by molar-refractivity contribution is 0.400. The minimum atomic E-state index is -0.347. The maximum atomic E-state index is 9.20. The van der Waals surface area contributed by atoms with Gasteiger partial charge in [0.2, 0.25) is 0 Å². The fraction of sp³-hybridized carbons (Fsp3) is 0.500. The van der Waals surface area contributed by atoms with Gasteiger partial charge in [0, 0.05) is 9.37 Å². The summed E-state index contributed by atoms with van der Waals surface area (Å²) < 4.78 is 1.11. The van der Waals surface area contributed by atoms with E-state index >= 15 is 0 Å². The molecule has 1 rings (SSSR count). The second-order valence-corrected chi connectivity index (χ2v) is 6.29.